The van der Waals surface area contributed by atoms with Crippen LogP contribution < -0.4 is 15.8 Å². The number of methoxy groups -OCH3 is 1. The lowest BCUT2D eigenvalue weighted by atomic mass is 10.1. The average molecular weight is 180 g/mol. The highest BCUT2D eigenvalue weighted by molar-refractivity contribution is 5.54. The van der Waals surface area contributed by atoms with Gasteiger partial charge in [-0.05, 0) is 31.7 Å². The number of ether oxygens (including phenoxy) is 1. The van der Waals surface area contributed by atoms with E-state index in [0.29, 0.717) is 11.7 Å². The first-order chi connectivity index (χ1) is 6.19. The van der Waals surface area contributed by atoms with Crippen LogP contribution in [0.1, 0.15) is 18.5 Å². The van der Waals surface area contributed by atoms with Gasteiger partial charge in [-0.15, -0.1) is 0 Å². The van der Waals surface area contributed by atoms with Gasteiger partial charge in [0, 0.05) is 6.04 Å². The highest BCUT2D eigenvalue weighted by Crippen LogP contribution is 2.24. The predicted octanol–water partition coefficient (Wildman–Crippen LogP) is 1.56. The molecule has 3 heteroatoms. The van der Waals surface area contributed by atoms with E-state index >= 15 is 0 Å². The summed E-state index contributed by atoms with van der Waals surface area (Å²) in [4.78, 5) is 0. The third-order valence-electron chi connectivity index (χ3n) is 2.19. The van der Waals surface area contributed by atoms with E-state index in [1.165, 1.54) is 5.56 Å². The van der Waals surface area contributed by atoms with Gasteiger partial charge in [0.25, 0.3) is 0 Å². The van der Waals surface area contributed by atoms with Crippen molar-refractivity contribution in [1.29, 1.82) is 0 Å². The van der Waals surface area contributed by atoms with Gasteiger partial charge < -0.3 is 15.8 Å². The van der Waals surface area contributed by atoms with Crippen molar-refractivity contribution < 1.29 is 4.74 Å². The summed E-state index contributed by atoms with van der Waals surface area (Å²) in [6, 6.07) is 6.14. The largest absolute Gasteiger partial charge is 0.495 e. The number of nitrogens with two attached hydrogens (primary N) is 1. The van der Waals surface area contributed by atoms with Crippen LogP contribution in [0.2, 0.25) is 0 Å². The quantitative estimate of drug-likeness (QED) is 0.694. The molecule has 1 rings (SSSR count). The molecular weight excluding hydrogens is 164 g/mol. The topological polar surface area (TPSA) is 47.3 Å². The van der Waals surface area contributed by atoms with Crippen LogP contribution in [0.3, 0.4) is 0 Å². The van der Waals surface area contributed by atoms with E-state index in [4.69, 9.17) is 10.5 Å². The van der Waals surface area contributed by atoms with E-state index in [9.17, 15) is 0 Å². The van der Waals surface area contributed by atoms with E-state index in [-0.39, 0.29) is 0 Å². The molecular formula is C10H16N2O. The van der Waals surface area contributed by atoms with Crippen molar-refractivity contribution in [2.75, 3.05) is 19.9 Å². The molecule has 0 aromatic heterocycles. The van der Waals surface area contributed by atoms with Crippen molar-refractivity contribution in [1.82, 2.24) is 5.32 Å². The molecule has 0 amide bonds. The maximum atomic E-state index is 5.77. The monoisotopic (exact) mass is 180 g/mol. The lowest BCUT2D eigenvalue weighted by molar-refractivity contribution is 0.416. The zero-order valence-electron chi connectivity index (χ0n) is 8.29. The molecule has 1 atom stereocenters. The molecule has 0 heterocycles. The van der Waals surface area contributed by atoms with Gasteiger partial charge in [0.2, 0.25) is 0 Å². The number of hydrogen-bond donors (Lipinski definition) is 2. The summed E-state index contributed by atoms with van der Waals surface area (Å²) in [5, 5.41) is 3.15. The van der Waals surface area contributed by atoms with Crippen molar-refractivity contribution in [3.05, 3.63) is 23.8 Å². The summed E-state index contributed by atoms with van der Waals surface area (Å²) in [7, 11) is 3.54. The summed E-state index contributed by atoms with van der Waals surface area (Å²) >= 11 is 0. The number of anilines is 1. The Balaban J connectivity index is 2.95. The van der Waals surface area contributed by atoms with E-state index < -0.39 is 0 Å². The van der Waals surface area contributed by atoms with Crippen molar-refractivity contribution in [2.45, 2.75) is 13.0 Å². The minimum absolute atomic E-state index is 0.313. The van der Waals surface area contributed by atoms with Gasteiger partial charge in [-0.25, -0.2) is 0 Å². The van der Waals surface area contributed by atoms with Crippen LogP contribution in [-0.4, -0.2) is 14.2 Å². The van der Waals surface area contributed by atoms with Gasteiger partial charge >= 0.3 is 0 Å². The Labute approximate surface area is 78.9 Å². The molecule has 0 bridgehead atoms. The van der Waals surface area contributed by atoms with Crippen LogP contribution >= 0.6 is 0 Å². The van der Waals surface area contributed by atoms with Crippen molar-refractivity contribution in [2.24, 2.45) is 0 Å². The summed E-state index contributed by atoms with van der Waals surface area (Å²) in [6.45, 7) is 2.08. The number of hydrogen-bond acceptors (Lipinski definition) is 3. The molecule has 0 saturated carbocycles. The number of benzene rings is 1. The van der Waals surface area contributed by atoms with Crippen molar-refractivity contribution >= 4 is 5.69 Å². The second-order valence-electron chi connectivity index (χ2n) is 3.01. The first kappa shape index (κ1) is 9.86. The SMILES string of the molecule is CNC(C)c1ccc(OC)c(N)c1. The third kappa shape index (κ3) is 2.12. The molecule has 3 N–H and O–H groups in total. The highest BCUT2D eigenvalue weighted by Gasteiger charge is 2.05. The lowest BCUT2D eigenvalue weighted by Crippen LogP contribution is -2.12. The smallest absolute Gasteiger partial charge is 0.141 e. The molecule has 0 spiro atoms. The Morgan fingerprint density at radius 1 is 1.46 bits per heavy atom. The van der Waals surface area contributed by atoms with Gasteiger partial charge in [-0.3, -0.25) is 0 Å². The van der Waals surface area contributed by atoms with Gasteiger partial charge in [0.1, 0.15) is 5.75 Å². The molecule has 0 aliphatic rings. The number of rotatable bonds is 3. The summed E-state index contributed by atoms with van der Waals surface area (Å²) in [6.07, 6.45) is 0. The third-order valence-corrected chi connectivity index (χ3v) is 2.19. The van der Waals surface area contributed by atoms with Crippen molar-refractivity contribution in [3.8, 4) is 5.75 Å². The molecule has 3 nitrogen and oxygen atoms in total. The Morgan fingerprint density at radius 2 is 2.15 bits per heavy atom. The summed E-state index contributed by atoms with van der Waals surface area (Å²) in [5.74, 6) is 0.729. The molecule has 0 fully saturated rings. The minimum atomic E-state index is 0.313. The molecule has 0 aliphatic heterocycles. The standard InChI is InChI=1S/C10H16N2O/c1-7(12-2)8-4-5-10(13-3)9(11)6-8/h4-7,12H,11H2,1-3H3. The first-order valence-electron chi connectivity index (χ1n) is 4.29. The van der Waals surface area contributed by atoms with Crippen LogP contribution in [0, 0.1) is 0 Å². The van der Waals surface area contributed by atoms with Crippen LogP contribution in [0.15, 0.2) is 18.2 Å². The second kappa shape index (κ2) is 4.14. The molecule has 0 radical (unpaired) electrons. The summed E-state index contributed by atoms with van der Waals surface area (Å²) in [5.41, 5.74) is 7.62. The van der Waals surface area contributed by atoms with Crippen LogP contribution in [0.25, 0.3) is 0 Å². The number of nitrogens with one attached hydrogen (secondary N) is 1. The fourth-order valence-electron chi connectivity index (χ4n) is 1.19. The molecule has 1 unspecified atom stereocenters. The maximum absolute atomic E-state index is 5.77. The van der Waals surface area contributed by atoms with E-state index in [0.717, 1.165) is 5.75 Å². The molecule has 1 aromatic rings. The van der Waals surface area contributed by atoms with Gasteiger partial charge in [-0.2, -0.15) is 0 Å². The molecule has 72 valence electrons. The highest BCUT2D eigenvalue weighted by atomic mass is 16.5. The van der Waals surface area contributed by atoms with E-state index in [1.54, 1.807) is 7.11 Å². The zero-order valence-corrected chi connectivity index (χ0v) is 8.29. The minimum Gasteiger partial charge on any atom is -0.495 e. The number of nitrogen functional groups attached to an aromatic ring is 1. The predicted molar refractivity (Wildman–Crippen MR) is 54.9 cm³/mol. The molecule has 1 aromatic carbocycles. The Bertz CT molecular complexity index is 286. The van der Waals surface area contributed by atoms with Crippen LogP contribution in [0.4, 0.5) is 5.69 Å². The fraction of sp³-hybridized carbons (Fsp3) is 0.400. The zero-order chi connectivity index (χ0) is 9.84. The fourth-order valence-corrected chi connectivity index (χ4v) is 1.19. The lowest BCUT2D eigenvalue weighted by Gasteiger charge is -2.12. The Kier molecular flexibility index (Phi) is 3.14. The van der Waals surface area contributed by atoms with E-state index in [1.807, 2.05) is 25.2 Å². The van der Waals surface area contributed by atoms with Gasteiger partial charge in [0.15, 0.2) is 0 Å². The maximum Gasteiger partial charge on any atom is 0.141 e. The van der Waals surface area contributed by atoms with Crippen molar-refractivity contribution in [3.63, 3.8) is 0 Å². The second-order valence-corrected chi connectivity index (χ2v) is 3.01. The average Bonchev–Trinajstić information content (AvgIpc) is 2.16. The molecule has 13 heavy (non-hydrogen) atoms. The van der Waals surface area contributed by atoms with Gasteiger partial charge in [0.05, 0.1) is 12.8 Å². The Hall–Kier alpha value is -1.22. The van der Waals surface area contributed by atoms with E-state index in [2.05, 4.69) is 12.2 Å². The van der Waals surface area contributed by atoms with Gasteiger partial charge in [-0.1, -0.05) is 6.07 Å². The first-order valence-corrected chi connectivity index (χ1v) is 4.29. The normalized spacial score (nSPS) is 12.5. The summed E-state index contributed by atoms with van der Waals surface area (Å²) < 4.78 is 5.07. The van der Waals surface area contributed by atoms with Crippen LogP contribution in [-0.2, 0) is 0 Å². The molecule has 0 aliphatic carbocycles. The Morgan fingerprint density at radius 3 is 2.62 bits per heavy atom. The van der Waals surface area contributed by atoms with Crippen LogP contribution in [0.5, 0.6) is 5.75 Å². The molecule has 0 saturated heterocycles.